The molecule has 0 amide bonds. The van der Waals surface area contributed by atoms with Crippen LogP contribution in [0.25, 0.3) is 10.8 Å². The van der Waals surface area contributed by atoms with Crippen LogP contribution in [0.3, 0.4) is 0 Å². The largest absolute Gasteiger partial charge is 0.398 e. The van der Waals surface area contributed by atoms with Crippen LogP contribution < -0.4 is 11.5 Å². The van der Waals surface area contributed by atoms with Crippen LogP contribution in [0.1, 0.15) is 0 Å². The molecule has 108 valence electrons. The molecule has 0 atom stereocenters. The molecule has 0 spiro atoms. The molecule has 0 saturated carbocycles. The van der Waals surface area contributed by atoms with E-state index in [-0.39, 0.29) is 16.5 Å². The van der Waals surface area contributed by atoms with Gasteiger partial charge in [-0.05, 0) is 12.1 Å². The van der Waals surface area contributed by atoms with Gasteiger partial charge in [-0.25, -0.2) is 0 Å². The molecular formula is C10H10N2O6S2. The van der Waals surface area contributed by atoms with E-state index in [0.717, 1.165) is 0 Å². The van der Waals surface area contributed by atoms with Crippen LogP contribution in [0.4, 0.5) is 11.4 Å². The molecule has 2 aromatic carbocycles. The van der Waals surface area contributed by atoms with Crippen molar-refractivity contribution in [3.63, 3.8) is 0 Å². The molecule has 6 N–H and O–H groups in total. The van der Waals surface area contributed by atoms with Crippen molar-refractivity contribution < 1.29 is 25.9 Å². The SMILES string of the molecule is Nc1cccc2c(S(=O)(=O)O)cc(S(=O)(=O)O)c(N)c12. The zero-order valence-corrected chi connectivity index (χ0v) is 11.4. The Bertz CT molecular complexity index is 918. The third-order valence-corrected chi connectivity index (χ3v) is 4.50. The number of fused-ring (bicyclic) bond motifs is 1. The molecule has 20 heavy (non-hydrogen) atoms. The lowest BCUT2D eigenvalue weighted by molar-refractivity contribution is 0.482. The molecule has 2 rings (SSSR count). The summed E-state index contributed by atoms with van der Waals surface area (Å²) in [6.45, 7) is 0. The van der Waals surface area contributed by atoms with Gasteiger partial charge in [0.05, 0.1) is 5.69 Å². The van der Waals surface area contributed by atoms with Crippen LogP contribution in [0.5, 0.6) is 0 Å². The van der Waals surface area contributed by atoms with Gasteiger partial charge in [0.15, 0.2) is 0 Å². The molecule has 2 aromatic rings. The predicted octanol–water partition coefficient (Wildman–Crippen LogP) is 0.498. The van der Waals surface area contributed by atoms with Crippen LogP contribution in [0.2, 0.25) is 0 Å². The smallest absolute Gasteiger partial charge is 0.296 e. The van der Waals surface area contributed by atoms with Gasteiger partial charge < -0.3 is 11.5 Å². The fourth-order valence-electron chi connectivity index (χ4n) is 1.90. The standard InChI is InChI=1S/C10H10N2O6S2/c11-6-3-1-2-5-7(19(13,14)15)4-8(20(16,17)18)10(12)9(5)6/h1-4H,11-12H2,(H,13,14,15)(H,16,17,18). The second-order valence-electron chi connectivity index (χ2n) is 4.01. The molecule has 0 aromatic heterocycles. The number of hydrogen-bond donors (Lipinski definition) is 4. The van der Waals surface area contributed by atoms with Crippen LogP contribution in [0, 0.1) is 0 Å². The summed E-state index contributed by atoms with van der Waals surface area (Å²) in [5.74, 6) is 0. The van der Waals surface area contributed by atoms with Gasteiger partial charge in [-0.3, -0.25) is 9.11 Å². The molecule has 0 aliphatic carbocycles. The minimum absolute atomic E-state index is 0.00963. The topological polar surface area (TPSA) is 161 Å². The highest BCUT2D eigenvalue weighted by molar-refractivity contribution is 7.87. The van der Waals surface area contributed by atoms with E-state index in [1.807, 2.05) is 0 Å². The summed E-state index contributed by atoms with van der Waals surface area (Å²) in [4.78, 5) is -1.54. The summed E-state index contributed by atoms with van der Waals surface area (Å²) in [7, 11) is -9.51. The highest BCUT2D eigenvalue weighted by atomic mass is 32.2. The van der Waals surface area contributed by atoms with Crippen molar-refractivity contribution in [2.75, 3.05) is 11.5 Å². The third-order valence-electron chi connectivity index (χ3n) is 2.71. The van der Waals surface area contributed by atoms with Crippen molar-refractivity contribution in [2.24, 2.45) is 0 Å². The van der Waals surface area contributed by atoms with E-state index in [1.54, 1.807) is 0 Å². The maximum absolute atomic E-state index is 11.3. The minimum Gasteiger partial charge on any atom is -0.398 e. The van der Waals surface area contributed by atoms with Crippen molar-refractivity contribution in [2.45, 2.75) is 9.79 Å². The molecule has 0 aliphatic heterocycles. The summed E-state index contributed by atoms with van der Waals surface area (Å²) in [5, 5.41) is -0.118. The Morgan fingerprint density at radius 2 is 1.45 bits per heavy atom. The maximum Gasteiger partial charge on any atom is 0.296 e. The van der Waals surface area contributed by atoms with E-state index in [1.165, 1.54) is 18.2 Å². The summed E-state index contributed by atoms with van der Waals surface area (Å²) >= 11 is 0. The second kappa shape index (κ2) is 4.31. The Kier molecular flexibility index (Phi) is 3.13. The first-order chi connectivity index (χ1) is 9.03. The lowest BCUT2D eigenvalue weighted by Gasteiger charge is -2.12. The van der Waals surface area contributed by atoms with Crippen LogP contribution in [-0.4, -0.2) is 25.9 Å². The van der Waals surface area contributed by atoms with E-state index < -0.39 is 35.7 Å². The molecule has 0 aliphatic rings. The fraction of sp³-hybridized carbons (Fsp3) is 0. The molecule has 0 radical (unpaired) electrons. The molecule has 0 saturated heterocycles. The van der Waals surface area contributed by atoms with Crippen molar-refractivity contribution >= 4 is 42.4 Å². The molecule has 8 nitrogen and oxygen atoms in total. The summed E-state index contributed by atoms with van der Waals surface area (Å²) in [6, 6.07) is 4.68. The van der Waals surface area contributed by atoms with Gasteiger partial charge in [-0.15, -0.1) is 0 Å². The number of anilines is 2. The molecular weight excluding hydrogens is 308 g/mol. The molecule has 0 unspecified atom stereocenters. The predicted molar refractivity (Wildman–Crippen MR) is 72.4 cm³/mol. The van der Waals surface area contributed by atoms with Gasteiger partial charge in [0.25, 0.3) is 20.2 Å². The average molecular weight is 318 g/mol. The Balaban J connectivity index is 3.17. The van der Waals surface area contributed by atoms with Crippen LogP contribution in [0.15, 0.2) is 34.1 Å². The Morgan fingerprint density at radius 3 is 1.95 bits per heavy atom. The number of benzene rings is 2. The van der Waals surface area contributed by atoms with Crippen molar-refractivity contribution in [1.29, 1.82) is 0 Å². The van der Waals surface area contributed by atoms with Gasteiger partial charge in [-0.2, -0.15) is 16.8 Å². The van der Waals surface area contributed by atoms with E-state index in [4.69, 9.17) is 16.0 Å². The zero-order valence-electron chi connectivity index (χ0n) is 9.81. The molecule has 10 heteroatoms. The maximum atomic E-state index is 11.3. The van der Waals surface area contributed by atoms with Gasteiger partial charge in [0.2, 0.25) is 0 Å². The number of nitrogen functional groups attached to an aromatic ring is 2. The molecule has 0 heterocycles. The van der Waals surface area contributed by atoms with E-state index >= 15 is 0 Å². The molecule has 0 bridgehead atoms. The minimum atomic E-state index is -4.78. The summed E-state index contributed by atoms with van der Waals surface area (Å²) < 4.78 is 63.4. The Labute approximate surface area is 114 Å². The monoisotopic (exact) mass is 318 g/mol. The number of hydrogen-bond acceptors (Lipinski definition) is 6. The van der Waals surface area contributed by atoms with E-state index in [0.29, 0.717) is 6.07 Å². The summed E-state index contributed by atoms with van der Waals surface area (Å²) in [6.07, 6.45) is 0. The lowest BCUT2D eigenvalue weighted by atomic mass is 10.1. The quantitative estimate of drug-likeness (QED) is 0.459. The third kappa shape index (κ3) is 2.29. The van der Waals surface area contributed by atoms with Gasteiger partial charge in [0, 0.05) is 16.5 Å². The highest BCUT2D eigenvalue weighted by Gasteiger charge is 2.24. The van der Waals surface area contributed by atoms with E-state index in [2.05, 4.69) is 0 Å². The van der Waals surface area contributed by atoms with Gasteiger partial charge in [0.1, 0.15) is 9.79 Å². The normalized spacial score (nSPS) is 12.7. The highest BCUT2D eigenvalue weighted by Crippen LogP contribution is 2.36. The first-order valence-electron chi connectivity index (χ1n) is 5.09. The van der Waals surface area contributed by atoms with Crippen molar-refractivity contribution in [1.82, 2.24) is 0 Å². The zero-order chi connectivity index (χ0) is 15.3. The number of rotatable bonds is 2. The Hall–Kier alpha value is -1.88. The first kappa shape index (κ1) is 14.5. The van der Waals surface area contributed by atoms with Gasteiger partial charge >= 0.3 is 0 Å². The molecule has 0 fully saturated rings. The number of nitrogens with two attached hydrogens (primary N) is 2. The fourth-order valence-corrected chi connectivity index (χ4v) is 3.34. The van der Waals surface area contributed by atoms with Crippen molar-refractivity contribution in [3.05, 3.63) is 24.3 Å². The first-order valence-corrected chi connectivity index (χ1v) is 7.97. The Morgan fingerprint density at radius 1 is 0.900 bits per heavy atom. The van der Waals surface area contributed by atoms with Gasteiger partial charge in [-0.1, -0.05) is 12.1 Å². The van der Waals surface area contributed by atoms with Crippen molar-refractivity contribution in [3.8, 4) is 0 Å². The summed E-state index contributed by atoms with van der Waals surface area (Å²) in [5.41, 5.74) is 10.9. The average Bonchev–Trinajstić information content (AvgIpc) is 2.25. The van der Waals surface area contributed by atoms with Crippen LogP contribution in [-0.2, 0) is 20.2 Å². The lowest BCUT2D eigenvalue weighted by Crippen LogP contribution is -2.09. The van der Waals surface area contributed by atoms with Crippen LogP contribution >= 0.6 is 0 Å². The second-order valence-corrected chi connectivity index (χ2v) is 6.79. The van der Waals surface area contributed by atoms with E-state index in [9.17, 15) is 21.4 Å².